The van der Waals surface area contributed by atoms with Crippen molar-refractivity contribution in [1.29, 1.82) is 0 Å². The molecule has 0 atom stereocenters. The molecule has 1 aliphatic carbocycles. The van der Waals surface area contributed by atoms with Crippen molar-refractivity contribution in [3.05, 3.63) is 23.8 Å². The first-order valence-electron chi connectivity index (χ1n) is 7.99. The van der Waals surface area contributed by atoms with Crippen molar-refractivity contribution in [1.82, 2.24) is 5.32 Å². The molecule has 1 aliphatic heterocycles. The van der Waals surface area contributed by atoms with Crippen LogP contribution in [0.25, 0.3) is 0 Å². The first-order valence-corrected chi connectivity index (χ1v) is 7.99. The van der Waals surface area contributed by atoms with Crippen LogP contribution >= 0.6 is 0 Å². The van der Waals surface area contributed by atoms with E-state index < -0.39 is 0 Å². The van der Waals surface area contributed by atoms with E-state index >= 15 is 0 Å². The van der Waals surface area contributed by atoms with Gasteiger partial charge in [0.15, 0.2) is 11.5 Å². The first kappa shape index (κ1) is 14.2. The van der Waals surface area contributed by atoms with Crippen molar-refractivity contribution >= 4 is 5.91 Å². The number of carbonyl (C=O) groups is 1. The van der Waals surface area contributed by atoms with Crippen molar-refractivity contribution in [3.63, 3.8) is 0 Å². The molecule has 1 aromatic carbocycles. The lowest BCUT2D eigenvalue weighted by atomic mass is 9.88. The van der Waals surface area contributed by atoms with Gasteiger partial charge in [0.25, 0.3) is 0 Å². The fourth-order valence-electron chi connectivity index (χ4n) is 3.08. The van der Waals surface area contributed by atoms with Crippen molar-refractivity contribution in [3.8, 4) is 11.5 Å². The zero-order valence-electron chi connectivity index (χ0n) is 12.4. The number of carbonyl (C=O) groups excluding carboxylic acids is 1. The largest absolute Gasteiger partial charge is 0.486 e. The van der Waals surface area contributed by atoms with E-state index in [1.807, 2.05) is 18.2 Å². The summed E-state index contributed by atoms with van der Waals surface area (Å²) >= 11 is 0. The van der Waals surface area contributed by atoms with E-state index in [0.29, 0.717) is 19.8 Å². The predicted octanol–water partition coefficient (Wildman–Crippen LogP) is 2.70. The van der Waals surface area contributed by atoms with Gasteiger partial charge in [0.05, 0.1) is 0 Å². The second-order valence-corrected chi connectivity index (χ2v) is 5.85. The van der Waals surface area contributed by atoms with Crippen molar-refractivity contribution in [2.75, 3.05) is 19.8 Å². The van der Waals surface area contributed by atoms with Gasteiger partial charge in [-0.2, -0.15) is 0 Å². The molecule has 114 valence electrons. The molecule has 2 aliphatic rings. The van der Waals surface area contributed by atoms with E-state index in [-0.39, 0.29) is 11.8 Å². The third kappa shape index (κ3) is 3.69. The molecule has 1 saturated carbocycles. The zero-order valence-corrected chi connectivity index (χ0v) is 12.4. The van der Waals surface area contributed by atoms with Gasteiger partial charge in [-0.15, -0.1) is 0 Å². The quantitative estimate of drug-likeness (QED) is 0.927. The molecule has 1 heterocycles. The fourth-order valence-corrected chi connectivity index (χ4v) is 3.08. The number of fused-ring (bicyclic) bond motifs is 1. The second kappa shape index (κ2) is 6.83. The summed E-state index contributed by atoms with van der Waals surface area (Å²) in [6.07, 6.45) is 6.60. The molecule has 0 spiro atoms. The molecule has 1 aromatic rings. The smallest absolute Gasteiger partial charge is 0.223 e. The van der Waals surface area contributed by atoms with Crippen LogP contribution in [0.15, 0.2) is 18.2 Å². The van der Waals surface area contributed by atoms with Crippen LogP contribution in [0.2, 0.25) is 0 Å². The van der Waals surface area contributed by atoms with Crippen LogP contribution in [-0.4, -0.2) is 25.7 Å². The number of hydrogen-bond donors (Lipinski definition) is 1. The summed E-state index contributed by atoms with van der Waals surface area (Å²) < 4.78 is 11.1. The molecule has 4 heteroatoms. The highest BCUT2D eigenvalue weighted by Crippen LogP contribution is 2.30. The van der Waals surface area contributed by atoms with Gasteiger partial charge < -0.3 is 14.8 Å². The summed E-state index contributed by atoms with van der Waals surface area (Å²) in [6.45, 7) is 1.91. The maximum Gasteiger partial charge on any atom is 0.223 e. The Balaban J connectivity index is 1.47. The van der Waals surface area contributed by atoms with Crippen LogP contribution in [0, 0.1) is 5.92 Å². The molecule has 0 saturated heterocycles. The lowest BCUT2D eigenvalue weighted by molar-refractivity contribution is -0.125. The number of amides is 1. The average molecular weight is 289 g/mol. The Bertz CT molecular complexity index is 495. The highest BCUT2D eigenvalue weighted by molar-refractivity contribution is 5.78. The van der Waals surface area contributed by atoms with Gasteiger partial charge in [0, 0.05) is 12.5 Å². The Kier molecular flexibility index (Phi) is 4.63. The van der Waals surface area contributed by atoms with E-state index in [2.05, 4.69) is 5.32 Å². The van der Waals surface area contributed by atoms with Crippen LogP contribution < -0.4 is 14.8 Å². The standard InChI is InChI=1S/C17H23NO3/c19-17(14-4-2-1-3-5-14)18-9-8-13-6-7-15-16(12-13)21-11-10-20-15/h6-7,12,14H,1-5,8-11H2,(H,18,19). The van der Waals surface area contributed by atoms with Crippen molar-refractivity contribution in [2.24, 2.45) is 5.92 Å². The second-order valence-electron chi connectivity index (χ2n) is 5.85. The van der Waals surface area contributed by atoms with E-state index in [1.54, 1.807) is 0 Å². The molecule has 1 amide bonds. The lowest BCUT2D eigenvalue weighted by Gasteiger charge is -2.21. The molecule has 0 unspecified atom stereocenters. The van der Waals surface area contributed by atoms with Gasteiger partial charge in [-0.25, -0.2) is 0 Å². The Labute approximate surface area is 125 Å². The molecule has 1 fully saturated rings. The fraction of sp³-hybridized carbons (Fsp3) is 0.588. The average Bonchev–Trinajstić information content (AvgIpc) is 2.55. The van der Waals surface area contributed by atoms with Gasteiger partial charge in [-0.1, -0.05) is 25.3 Å². The Hall–Kier alpha value is -1.71. The Morgan fingerprint density at radius 2 is 1.86 bits per heavy atom. The van der Waals surface area contributed by atoms with Crippen LogP contribution in [0.1, 0.15) is 37.7 Å². The predicted molar refractivity (Wildman–Crippen MR) is 80.7 cm³/mol. The molecular weight excluding hydrogens is 266 g/mol. The SMILES string of the molecule is O=C(NCCc1ccc2c(c1)OCCO2)C1CCCCC1. The number of benzene rings is 1. The van der Waals surface area contributed by atoms with Gasteiger partial charge in [-0.3, -0.25) is 4.79 Å². The molecular formula is C17H23NO3. The minimum Gasteiger partial charge on any atom is -0.486 e. The normalized spacial score (nSPS) is 18.3. The van der Waals surface area contributed by atoms with E-state index in [4.69, 9.17) is 9.47 Å². The molecule has 4 nitrogen and oxygen atoms in total. The maximum absolute atomic E-state index is 12.1. The van der Waals surface area contributed by atoms with Crippen molar-refractivity contribution in [2.45, 2.75) is 38.5 Å². The number of rotatable bonds is 4. The maximum atomic E-state index is 12.1. The summed E-state index contributed by atoms with van der Waals surface area (Å²) in [5.74, 6) is 2.10. The third-order valence-electron chi connectivity index (χ3n) is 4.30. The number of nitrogens with one attached hydrogen (secondary N) is 1. The molecule has 0 bridgehead atoms. The Morgan fingerprint density at radius 3 is 2.67 bits per heavy atom. The van der Waals surface area contributed by atoms with E-state index in [1.165, 1.54) is 24.8 Å². The van der Waals surface area contributed by atoms with E-state index in [0.717, 1.165) is 30.8 Å². The van der Waals surface area contributed by atoms with Crippen LogP contribution in [-0.2, 0) is 11.2 Å². The minimum atomic E-state index is 0.229. The monoisotopic (exact) mass is 289 g/mol. The van der Waals surface area contributed by atoms with Gasteiger partial charge in [0.2, 0.25) is 5.91 Å². The lowest BCUT2D eigenvalue weighted by Crippen LogP contribution is -2.33. The zero-order chi connectivity index (χ0) is 14.5. The van der Waals surface area contributed by atoms with Gasteiger partial charge in [0.1, 0.15) is 13.2 Å². The molecule has 21 heavy (non-hydrogen) atoms. The summed E-state index contributed by atoms with van der Waals surface area (Å²) in [4.78, 5) is 12.1. The third-order valence-corrected chi connectivity index (χ3v) is 4.30. The minimum absolute atomic E-state index is 0.229. The summed E-state index contributed by atoms with van der Waals surface area (Å²) in [6, 6.07) is 6.01. The van der Waals surface area contributed by atoms with Crippen LogP contribution in [0.3, 0.4) is 0 Å². The van der Waals surface area contributed by atoms with Crippen LogP contribution in [0.5, 0.6) is 11.5 Å². The number of hydrogen-bond acceptors (Lipinski definition) is 3. The molecule has 1 N–H and O–H groups in total. The summed E-state index contributed by atoms with van der Waals surface area (Å²) in [7, 11) is 0. The molecule has 0 aromatic heterocycles. The first-order chi connectivity index (χ1) is 10.3. The van der Waals surface area contributed by atoms with Gasteiger partial charge in [-0.05, 0) is 37.0 Å². The van der Waals surface area contributed by atoms with Gasteiger partial charge >= 0.3 is 0 Å². The molecule has 3 rings (SSSR count). The molecule has 0 radical (unpaired) electrons. The number of ether oxygens (including phenoxy) is 2. The van der Waals surface area contributed by atoms with Crippen LogP contribution in [0.4, 0.5) is 0 Å². The highest BCUT2D eigenvalue weighted by Gasteiger charge is 2.20. The Morgan fingerprint density at radius 1 is 1.10 bits per heavy atom. The summed E-state index contributed by atoms with van der Waals surface area (Å²) in [5, 5.41) is 3.07. The topological polar surface area (TPSA) is 47.6 Å². The van der Waals surface area contributed by atoms with Crippen molar-refractivity contribution < 1.29 is 14.3 Å². The van der Waals surface area contributed by atoms with E-state index in [9.17, 15) is 4.79 Å². The summed E-state index contributed by atoms with van der Waals surface area (Å²) in [5.41, 5.74) is 1.17. The highest BCUT2D eigenvalue weighted by atomic mass is 16.6.